The number of alkyl halides is 6. The summed E-state index contributed by atoms with van der Waals surface area (Å²) >= 11 is 0. The maximum atomic E-state index is 12.7. The first-order valence-electron chi connectivity index (χ1n) is 10.3. The average Bonchev–Trinajstić information content (AvgIpc) is 2.80. The first-order chi connectivity index (χ1) is 16.1. The summed E-state index contributed by atoms with van der Waals surface area (Å²) in [5.41, 5.74) is 1.77. The summed E-state index contributed by atoms with van der Waals surface area (Å²) in [7, 11) is 0. The van der Waals surface area contributed by atoms with Gasteiger partial charge in [-0.2, -0.15) is 26.3 Å². The van der Waals surface area contributed by atoms with E-state index in [4.69, 9.17) is 0 Å². The Morgan fingerprint density at radius 3 is 1.00 bits per heavy atom. The summed E-state index contributed by atoms with van der Waals surface area (Å²) in [5.74, 6) is 0. The van der Waals surface area contributed by atoms with Crippen LogP contribution in [0.2, 0.25) is 0 Å². The van der Waals surface area contributed by atoms with Crippen molar-refractivity contribution in [3.8, 4) is 0 Å². The highest BCUT2D eigenvalue weighted by Gasteiger charge is 2.30. The zero-order valence-electron chi connectivity index (χ0n) is 17.7. The van der Waals surface area contributed by atoms with Gasteiger partial charge in [0.2, 0.25) is 0 Å². The molecule has 0 saturated carbocycles. The lowest BCUT2D eigenvalue weighted by molar-refractivity contribution is -0.138. The first-order valence-corrected chi connectivity index (χ1v) is 10.3. The van der Waals surface area contributed by atoms with Crippen LogP contribution >= 0.6 is 0 Å². The Bertz CT molecular complexity index is 1230. The van der Waals surface area contributed by atoms with Gasteiger partial charge in [-0.1, -0.05) is 72.8 Å². The van der Waals surface area contributed by atoms with Gasteiger partial charge in [-0.3, -0.25) is 0 Å². The first kappa shape index (κ1) is 23.4. The SMILES string of the molecule is FC(F)(F)c1ccc(/C=C/c2ccc3cc(/C=C/c4ccc(C(F)(F)F)cc4)ccc3c2)cc1. The zero-order chi connectivity index (χ0) is 24.3. The lowest BCUT2D eigenvalue weighted by Gasteiger charge is -2.06. The minimum absolute atomic E-state index is 0.664. The second kappa shape index (κ2) is 9.21. The maximum Gasteiger partial charge on any atom is 0.416 e. The topological polar surface area (TPSA) is 0 Å². The van der Waals surface area contributed by atoms with Crippen molar-refractivity contribution in [3.63, 3.8) is 0 Å². The third kappa shape index (κ3) is 5.76. The Labute approximate surface area is 192 Å². The fourth-order valence-electron chi connectivity index (χ4n) is 3.44. The normalized spacial score (nSPS) is 12.8. The van der Waals surface area contributed by atoms with Gasteiger partial charge in [0, 0.05) is 0 Å². The molecule has 4 aromatic carbocycles. The fourth-order valence-corrected chi connectivity index (χ4v) is 3.44. The highest BCUT2D eigenvalue weighted by molar-refractivity contribution is 5.88. The predicted molar refractivity (Wildman–Crippen MR) is 125 cm³/mol. The second-order valence-corrected chi connectivity index (χ2v) is 7.77. The molecule has 0 spiro atoms. The van der Waals surface area contributed by atoms with Crippen LogP contribution in [-0.2, 0) is 12.4 Å². The molecule has 0 amide bonds. The van der Waals surface area contributed by atoms with Crippen molar-refractivity contribution in [2.75, 3.05) is 0 Å². The van der Waals surface area contributed by atoms with Crippen LogP contribution in [0.25, 0.3) is 35.1 Å². The zero-order valence-corrected chi connectivity index (χ0v) is 17.7. The van der Waals surface area contributed by atoms with Crippen LogP contribution in [0.3, 0.4) is 0 Å². The van der Waals surface area contributed by atoms with Gasteiger partial charge in [0.15, 0.2) is 0 Å². The summed E-state index contributed by atoms with van der Waals surface area (Å²) in [6.45, 7) is 0. The molecule has 0 atom stereocenters. The molecule has 34 heavy (non-hydrogen) atoms. The molecule has 4 rings (SSSR count). The summed E-state index contributed by atoms with van der Waals surface area (Å²) < 4.78 is 76.1. The van der Waals surface area contributed by atoms with E-state index in [9.17, 15) is 26.3 Å². The van der Waals surface area contributed by atoms with E-state index < -0.39 is 23.5 Å². The third-order valence-corrected chi connectivity index (χ3v) is 5.30. The Kier molecular flexibility index (Phi) is 6.33. The molecule has 6 heteroatoms. The van der Waals surface area contributed by atoms with E-state index in [-0.39, 0.29) is 0 Å². The van der Waals surface area contributed by atoms with Crippen molar-refractivity contribution < 1.29 is 26.3 Å². The van der Waals surface area contributed by atoms with Gasteiger partial charge in [-0.05, 0) is 69.4 Å². The van der Waals surface area contributed by atoms with Crippen LogP contribution in [0.1, 0.15) is 33.4 Å². The number of hydrogen-bond acceptors (Lipinski definition) is 0. The summed E-state index contributed by atoms with van der Waals surface area (Å²) in [4.78, 5) is 0. The van der Waals surface area contributed by atoms with E-state index in [0.29, 0.717) is 11.1 Å². The quantitative estimate of drug-likeness (QED) is 0.207. The average molecular weight is 468 g/mol. The van der Waals surface area contributed by atoms with Gasteiger partial charge in [0.25, 0.3) is 0 Å². The van der Waals surface area contributed by atoms with E-state index in [1.165, 1.54) is 24.3 Å². The van der Waals surface area contributed by atoms with Crippen molar-refractivity contribution in [2.45, 2.75) is 12.4 Å². The monoisotopic (exact) mass is 468 g/mol. The molecule has 0 N–H and O–H groups in total. The van der Waals surface area contributed by atoms with Crippen molar-refractivity contribution in [2.24, 2.45) is 0 Å². The lowest BCUT2D eigenvalue weighted by Crippen LogP contribution is -2.03. The Morgan fingerprint density at radius 2 is 0.676 bits per heavy atom. The predicted octanol–water partition coefficient (Wildman–Crippen LogP) is 9.22. The summed E-state index contributed by atoms with van der Waals surface area (Å²) in [6, 6.07) is 21.6. The molecule has 0 saturated heterocycles. The van der Waals surface area contributed by atoms with E-state index in [1.54, 1.807) is 12.2 Å². The molecule has 4 aromatic rings. The van der Waals surface area contributed by atoms with E-state index in [2.05, 4.69) is 0 Å². The summed E-state index contributed by atoms with van der Waals surface area (Å²) in [6.07, 6.45) is -1.54. The van der Waals surface area contributed by atoms with Crippen molar-refractivity contribution in [3.05, 3.63) is 118 Å². The minimum Gasteiger partial charge on any atom is -0.166 e. The molecule has 0 fully saturated rings. The lowest BCUT2D eigenvalue weighted by atomic mass is 10.0. The van der Waals surface area contributed by atoms with Gasteiger partial charge in [0.05, 0.1) is 11.1 Å². The fraction of sp³-hybridized carbons (Fsp3) is 0.0714. The Hall–Kier alpha value is -3.80. The molecule has 0 heterocycles. The van der Waals surface area contributed by atoms with Gasteiger partial charge < -0.3 is 0 Å². The van der Waals surface area contributed by atoms with Crippen LogP contribution in [-0.4, -0.2) is 0 Å². The molecule has 0 aliphatic carbocycles. The Morgan fingerprint density at radius 1 is 0.382 bits per heavy atom. The molecular formula is C28H18F6. The molecular weight excluding hydrogens is 450 g/mol. The maximum absolute atomic E-state index is 12.7. The van der Waals surface area contributed by atoms with Crippen LogP contribution in [0.15, 0.2) is 84.9 Å². The smallest absolute Gasteiger partial charge is 0.166 e. The van der Waals surface area contributed by atoms with Gasteiger partial charge in [0.1, 0.15) is 0 Å². The van der Waals surface area contributed by atoms with Crippen molar-refractivity contribution in [1.82, 2.24) is 0 Å². The molecule has 0 aromatic heterocycles. The van der Waals surface area contributed by atoms with Crippen LogP contribution in [0.4, 0.5) is 26.3 Å². The van der Waals surface area contributed by atoms with Gasteiger partial charge in [-0.15, -0.1) is 0 Å². The number of rotatable bonds is 4. The Balaban J connectivity index is 1.47. The number of hydrogen-bond donors (Lipinski definition) is 0. The van der Waals surface area contributed by atoms with Gasteiger partial charge in [-0.25, -0.2) is 0 Å². The number of fused-ring (bicyclic) bond motifs is 1. The van der Waals surface area contributed by atoms with Crippen molar-refractivity contribution in [1.29, 1.82) is 0 Å². The third-order valence-electron chi connectivity index (χ3n) is 5.30. The van der Waals surface area contributed by atoms with Gasteiger partial charge >= 0.3 is 12.4 Å². The van der Waals surface area contributed by atoms with E-state index >= 15 is 0 Å². The molecule has 0 radical (unpaired) electrons. The van der Waals surface area contributed by atoms with E-state index in [0.717, 1.165) is 46.2 Å². The highest BCUT2D eigenvalue weighted by atomic mass is 19.4. The molecule has 0 bridgehead atoms. The van der Waals surface area contributed by atoms with E-state index in [1.807, 2.05) is 48.6 Å². The number of benzene rings is 4. The second-order valence-electron chi connectivity index (χ2n) is 7.77. The molecule has 172 valence electrons. The van der Waals surface area contributed by atoms with Crippen LogP contribution in [0.5, 0.6) is 0 Å². The minimum atomic E-state index is -4.35. The molecule has 0 aliphatic rings. The molecule has 0 aliphatic heterocycles. The van der Waals surface area contributed by atoms with Crippen molar-refractivity contribution >= 4 is 35.1 Å². The summed E-state index contributed by atoms with van der Waals surface area (Å²) in [5, 5.41) is 1.97. The van der Waals surface area contributed by atoms with Crippen LogP contribution < -0.4 is 0 Å². The standard InChI is InChI=1S/C28H18F6/c29-27(30,31)25-13-7-19(8-14-25)1-3-21-5-11-24-18-22(6-12-23(24)17-21)4-2-20-9-15-26(16-10-20)28(32,33)34/h1-18H/b3-1+,4-2+. The molecule has 0 unspecified atom stereocenters. The number of halogens is 6. The highest BCUT2D eigenvalue weighted by Crippen LogP contribution is 2.30. The largest absolute Gasteiger partial charge is 0.416 e. The molecule has 0 nitrogen and oxygen atoms in total. The van der Waals surface area contributed by atoms with Crippen LogP contribution in [0, 0.1) is 0 Å².